The Bertz CT molecular complexity index is 507. The number of hydrogen-bond acceptors (Lipinski definition) is 3. The normalized spacial score (nSPS) is 19.3. The first-order valence-corrected chi connectivity index (χ1v) is 7.23. The van der Waals surface area contributed by atoms with E-state index in [1.54, 1.807) is 18.2 Å². The topological polar surface area (TPSA) is 56.1 Å². The Hall–Kier alpha value is -1.86. The summed E-state index contributed by atoms with van der Waals surface area (Å²) < 4.78 is 0. The molecule has 1 aromatic rings. The first-order chi connectivity index (χ1) is 9.71. The van der Waals surface area contributed by atoms with E-state index in [0.717, 1.165) is 19.0 Å². The minimum atomic E-state index is -0.00292. The lowest BCUT2D eigenvalue weighted by atomic mass is 9.96. The number of hydrogen-bond donors (Lipinski definition) is 1. The summed E-state index contributed by atoms with van der Waals surface area (Å²) in [6.07, 6.45) is 3.64. The van der Waals surface area contributed by atoms with Crippen LogP contribution in [0.4, 0.5) is 5.69 Å². The predicted octanol–water partition coefficient (Wildman–Crippen LogP) is 2.62. The predicted molar refractivity (Wildman–Crippen MR) is 79.2 cm³/mol. The molecule has 1 atom stereocenters. The Morgan fingerprint density at radius 3 is 3.15 bits per heavy atom. The first kappa shape index (κ1) is 14.5. The minimum Gasteiger partial charge on any atom is -0.325 e. The van der Waals surface area contributed by atoms with Gasteiger partial charge >= 0.3 is 0 Å². The molecule has 0 aliphatic carbocycles. The van der Waals surface area contributed by atoms with Gasteiger partial charge in [-0.2, -0.15) is 5.26 Å². The summed E-state index contributed by atoms with van der Waals surface area (Å²) in [5, 5.41) is 11.7. The Kier molecular flexibility index (Phi) is 5.14. The molecular formula is C16H21N3O. The standard InChI is InChI=1S/C16H21N3O/c1-2-13-6-4-8-19(11-13)12-16(20)18-15-7-3-5-14(9-15)10-17/h3,5,7,9,13H,2,4,6,8,11-12H2,1H3,(H,18,20). The SMILES string of the molecule is CCC1CCCN(CC(=O)Nc2cccc(C#N)c2)C1. The molecule has 1 heterocycles. The number of nitrogens with one attached hydrogen (secondary N) is 1. The van der Waals surface area contributed by atoms with Crippen molar-refractivity contribution in [1.29, 1.82) is 5.26 Å². The number of likely N-dealkylation sites (tertiary alicyclic amines) is 1. The number of carbonyl (C=O) groups excluding carboxylic acids is 1. The quantitative estimate of drug-likeness (QED) is 0.915. The van der Waals surface area contributed by atoms with Crippen LogP contribution in [0.1, 0.15) is 31.7 Å². The molecule has 1 aliphatic heterocycles. The van der Waals surface area contributed by atoms with Gasteiger partial charge in [0, 0.05) is 12.2 Å². The molecular weight excluding hydrogens is 250 g/mol. The molecule has 20 heavy (non-hydrogen) atoms. The maximum Gasteiger partial charge on any atom is 0.238 e. The highest BCUT2D eigenvalue weighted by molar-refractivity contribution is 5.92. The largest absolute Gasteiger partial charge is 0.325 e. The molecule has 1 saturated heterocycles. The van der Waals surface area contributed by atoms with Crippen LogP contribution in [0.3, 0.4) is 0 Å². The fourth-order valence-corrected chi connectivity index (χ4v) is 2.70. The zero-order valence-electron chi connectivity index (χ0n) is 11.9. The van der Waals surface area contributed by atoms with E-state index in [0.29, 0.717) is 17.8 Å². The molecule has 1 aliphatic rings. The Labute approximate surface area is 120 Å². The fourth-order valence-electron chi connectivity index (χ4n) is 2.70. The van der Waals surface area contributed by atoms with Gasteiger partial charge in [-0.05, 0) is 43.5 Å². The number of carbonyl (C=O) groups is 1. The Balaban J connectivity index is 1.87. The number of nitriles is 1. The number of nitrogens with zero attached hydrogens (tertiary/aromatic N) is 2. The average molecular weight is 271 g/mol. The Morgan fingerprint density at radius 1 is 1.55 bits per heavy atom. The van der Waals surface area contributed by atoms with Gasteiger partial charge in [0.25, 0.3) is 0 Å². The molecule has 0 saturated carbocycles. The molecule has 4 nitrogen and oxygen atoms in total. The van der Waals surface area contributed by atoms with Gasteiger partial charge in [-0.15, -0.1) is 0 Å². The summed E-state index contributed by atoms with van der Waals surface area (Å²) >= 11 is 0. The lowest BCUT2D eigenvalue weighted by molar-refractivity contribution is -0.117. The lowest BCUT2D eigenvalue weighted by Crippen LogP contribution is -2.40. The van der Waals surface area contributed by atoms with Crippen LogP contribution in [0.25, 0.3) is 0 Å². The van der Waals surface area contributed by atoms with Crippen LogP contribution in [0.2, 0.25) is 0 Å². The second-order valence-electron chi connectivity index (χ2n) is 5.39. The van der Waals surface area contributed by atoms with Gasteiger partial charge in [-0.1, -0.05) is 19.4 Å². The van der Waals surface area contributed by atoms with Crippen molar-refractivity contribution < 1.29 is 4.79 Å². The highest BCUT2D eigenvalue weighted by Crippen LogP contribution is 2.19. The number of piperidine rings is 1. The van der Waals surface area contributed by atoms with Crippen LogP contribution >= 0.6 is 0 Å². The van der Waals surface area contributed by atoms with Gasteiger partial charge in [0.15, 0.2) is 0 Å². The third-order valence-corrected chi connectivity index (χ3v) is 3.82. The molecule has 1 fully saturated rings. The molecule has 106 valence electrons. The molecule has 0 bridgehead atoms. The average Bonchev–Trinajstić information content (AvgIpc) is 2.47. The van der Waals surface area contributed by atoms with E-state index >= 15 is 0 Å². The molecule has 4 heteroatoms. The van der Waals surface area contributed by atoms with Gasteiger partial charge in [-0.25, -0.2) is 0 Å². The van der Waals surface area contributed by atoms with E-state index in [9.17, 15) is 4.79 Å². The van der Waals surface area contributed by atoms with Gasteiger partial charge in [-0.3, -0.25) is 9.69 Å². The third-order valence-electron chi connectivity index (χ3n) is 3.82. The van der Waals surface area contributed by atoms with Crippen molar-refractivity contribution in [2.24, 2.45) is 5.92 Å². The van der Waals surface area contributed by atoms with Gasteiger partial charge in [0.05, 0.1) is 18.2 Å². The summed E-state index contributed by atoms with van der Waals surface area (Å²) in [7, 11) is 0. The third kappa shape index (κ3) is 4.07. The van der Waals surface area contributed by atoms with Crippen LogP contribution in [0, 0.1) is 17.2 Å². The zero-order valence-corrected chi connectivity index (χ0v) is 11.9. The van der Waals surface area contributed by atoms with E-state index in [4.69, 9.17) is 5.26 Å². The highest BCUT2D eigenvalue weighted by Gasteiger charge is 2.20. The summed E-state index contributed by atoms with van der Waals surface area (Å²) in [4.78, 5) is 14.3. The number of amides is 1. The molecule has 1 unspecified atom stereocenters. The van der Waals surface area contributed by atoms with Crippen molar-refractivity contribution in [3.8, 4) is 6.07 Å². The molecule has 1 N–H and O–H groups in total. The lowest BCUT2D eigenvalue weighted by Gasteiger charge is -2.31. The first-order valence-electron chi connectivity index (χ1n) is 7.23. The second-order valence-corrected chi connectivity index (χ2v) is 5.39. The molecule has 1 aromatic carbocycles. The molecule has 0 spiro atoms. The fraction of sp³-hybridized carbons (Fsp3) is 0.500. The maximum absolute atomic E-state index is 12.0. The van der Waals surface area contributed by atoms with Gasteiger partial charge in [0.1, 0.15) is 0 Å². The van der Waals surface area contributed by atoms with Gasteiger partial charge in [0.2, 0.25) is 5.91 Å². The smallest absolute Gasteiger partial charge is 0.238 e. The van der Waals surface area contributed by atoms with Crippen molar-refractivity contribution in [3.63, 3.8) is 0 Å². The van der Waals surface area contributed by atoms with Crippen molar-refractivity contribution in [2.45, 2.75) is 26.2 Å². The van der Waals surface area contributed by atoms with Crippen molar-refractivity contribution in [3.05, 3.63) is 29.8 Å². The van der Waals surface area contributed by atoms with E-state index < -0.39 is 0 Å². The minimum absolute atomic E-state index is 0.00292. The Morgan fingerprint density at radius 2 is 2.40 bits per heavy atom. The van der Waals surface area contributed by atoms with E-state index in [2.05, 4.69) is 23.2 Å². The number of benzene rings is 1. The van der Waals surface area contributed by atoms with Crippen LogP contribution in [0.15, 0.2) is 24.3 Å². The van der Waals surface area contributed by atoms with Crippen molar-refractivity contribution >= 4 is 11.6 Å². The van der Waals surface area contributed by atoms with E-state index in [-0.39, 0.29) is 5.91 Å². The summed E-state index contributed by atoms with van der Waals surface area (Å²) in [5.74, 6) is 0.718. The number of anilines is 1. The van der Waals surface area contributed by atoms with Gasteiger partial charge < -0.3 is 5.32 Å². The van der Waals surface area contributed by atoms with Crippen LogP contribution in [-0.4, -0.2) is 30.4 Å². The van der Waals surface area contributed by atoms with E-state index in [1.807, 2.05) is 6.07 Å². The highest BCUT2D eigenvalue weighted by atomic mass is 16.2. The van der Waals surface area contributed by atoms with E-state index in [1.165, 1.54) is 19.3 Å². The van der Waals surface area contributed by atoms with Crippen molar-refractivity contribution in [2.75, 3.05) is 25.0 Å². The molecule has 0 aromatic heterocycles. The second kappa shape index (κ2) is 7.06. The monoisotopic (exact) mass is 271 g/mol. The summed E-state index contributed by atoms with van der Waals surface area (Å²) in [6, 6.07) is 9.09. The molecule has 2 rings (SSSR count). The van der Waals surface area contributed by atoms with Crippen LogP contribution in [0.5, 0.6) is 0 Å². The molecule has 0 radical (unpaired) electrons. The van der Waals surface area contributed by atoms with Crippen LogP contribution < -0.4 is 5.32 Å². The molecule has 1 amide bonds. The van der Waals surface area contributed by atoms with Crippen molar-refractivity contribution in [1.82, 2.24) is 4.90 Å². The summed E-state index contributed by atoms with van der Waals surface area (Å²) in [6.45, 7) is 4.67. The zero-order chi connectivity index (χ0) is 14.4. The summed E-state index contributed by atoms with van der Waals surface area (Å²) in [5.41, 5.74) is 1.25. The number of rotatable bonds is 4. The maximum atomic E-state index is 12.0. The van der Waals surface area contributed by atoms with Crippen LogP contribution in [-0.2, 0) is 4.79 Å².